The van der Waals surface area contributed by atoms with Crippen LogP contribution in [0.3, 0.4) is 0 Å². The van der Waals surface area contributed by atoms with Gasteiger partial charge in [-0.05, 0) is 45.3 Å². The first-order chi connectivity index (χ1) is 10.6. The Morgan fingerprint density at radius 2 is 1.86 bits per heavy atom. The third-order valence-electron chi connectivity index (χ3n) is 2.95. The fourth-order valence-corrected chi connectivity index (χ4v) is 1.84. The first-order valence-electron chi connectivity index (χ1n) is 7.22. The predicted molar refractivity (Wildman–Crippen MR) is 90.5 cm³/mol. The zero-order valence-corrected chi connectivity index (χ0v) is 13.0. The van der Waals surface area contributed by atoms with E-state index in [1.165, 1.54) is 0 Å². The number of benzene rings is 1. The van der Waals surface area contributed by atoms with E-state index in [0.717, 1.165) is 30.6 Å². The minimum Gasteiger partial charge on any atom is -0.399 e. The quantitative estimate of drug-likeness (QED) is 0.500. The molecule has 0 saturated carbocycles. The molecule has 114 valence electrons. The number of hydrogen-bond acceptors (Lipinski definition) is 5. The van der Waals surface area contributed by atoms with E-state index in [1.54, 1.807) is 12.4 Å². The molecule has 0 spiro atoms. The smallest absolute Gasteiger partial charge is 0.222 e. The van der Waals surface area contributed by atoms with Crippen LogP contribution >= 0.6 is 0 Å². The first-order valence-corrected chi connectivity index (χ1v) is 7.22. The molecule has 5 heteroatoms. The number of nitrogen functional groups attached to an aromatic ring is 1. The number of rotatable bonds is 5. The molecule has 22 heavy (non-hydrogen) atoms. The molecule has 0 aliphatic rings. The van der Waals surface area contributed by atoms with Gasteiger partial charge in [0.25, 0.3) is 0 Å². The molecule has 0 aliphatic heterocycles. The molecular formula is C17H21N5. The molecule has 1 heterocycles. The Labute approximate surface area is 131 Å². The Kier molecular flexibility index (Phi) is 5.75. The highest BCUT2D eigenvalue weighted by Gasteiger charge is 1.96. The van der Waals surface area contributed by atoms with Gasteiger partial charge in [0.15, 0.2) is 0 Å². The molecular weight excluding hydrogens is 274 g/mol. The number of nitrogens with one attached hydrogen (secondary N) is 1. The van der Waals surface area contributed by atoms with E-state index in [0.29, 0.717) is 11.6 Å². The van der Waals surface area contributed by atoms with Gasteiger partial charge in [0, 0.05) is 30.2 Å². The third kappa shape index (κ3) is 5.43. The molecule has 0 fully saturated rings. The Bertz CT molecular complexity index is 653. The van der Waals surface area contributed by atoms with E-state index in [9.17, 15) is 0 Å². The van der Waals surface area contributed by atoms with Crippen molar-refractivity contribution >= 4 is 11.6 Å². The maximum absolute atomic E-state index is 5.72. The van der Waals surface area contributed by atoms with E-state index in [4.69, 9.17) is 5.73 Å². The summed E-state index contributed by atoms with van der Waals surface area (Å²) >= 11 is 0. The van der Waals surface area contributed by atoms with E-state index in [2.05, 4.69) is 46.1 Å². The minimum absolute atomic E-state index is 0.633. The van der Waals surface area contributed by atoms with Gasteiger partial charge in [-0.2, -0.15) is 0 Å². The lowest BCUT2D eigenvalue weighted by Crippen LogP contribution is -2.16. The molecule has 0 amide bonds. The van der Waals surface area contributed by atoms with Gasteiger partial charge in [-0.25, -0.2) is 9.97 Å². The van der Waals surface area contributed by atoms with Gasteiger partial charge < -0.3 is 16.0 Å². The topological polar surface area (TPSA) is 67.1 Å². The average Bonchev–Trinajstić information content (AvgIpc) is 2.51. The van der Waals surface area contributed by atoms with Crippen molar-refractivity contribution in [2.24, 2.45) is 0 Å². The Balaban J connectivity index is 1.89. The van der Waals surface area contributed by atoms with Crippen LogP contribution < -0.4 is 11.1 Å². The highest BCUT2D eigenvalue weighted by molar-refractivity contribution is 5.49. The first kappa shape index (κ1) is 15.8. The van der Waals surface area contributed by atoms with Crippen LogP contribution in [0.2, 0.25) is 0 Å². The molecule has 5 nitrogen and oxygen atoms in total. The molecule has 3 N–H and O–H groups in total. The van der Waals surface area contributed by atoms with Crippen molar-refractivity contribution in [2.75, 3.05) is 38.2 Å². The van der Waals surface area contributed by atoms with Crippen LogP contribution in [0.5, 0.6) is 0 Å². The van der Waals surface area contributed by atoms with Crippen molar-refractivity contribution in [2.45, 2.75) is 6.42 Å². The monoisotopic (exact) mass is 295 g/mol. The van der Waals surface area contributed by atoms with Crippen LogP contribution in [0.4, 0.5) is 11.6 Å². The van der Waals surface area contributed by atoms with Crippen molar-refractivity contribution in [3.8, 4) is 11.8 Å². The number of aromatic nitrogens is 2. The van der Waals surface area contributed by atoms with E-state index in [1.807, 2.05) is 24.3 Å². The molecule has 0 saturated heterocycles. The van der Waals surface area contributed by atoms with Gasteiger partial charge in [0.05, 0.1) is 5.56 Å². The molecule has 0 atom stereocenters. The summed E-state index contributed by atoms with van der Waals surface area (Å²) in [4.78, 5) is 10.7. The maximum Gasteiger partial charge on any atom is 0.222 e. The van der Waals surface area contributed by atoms with E-state index >= 15 is 0 Å². The lowest BCUT2D eigenvalue weighted by Gasteiger charge is -2.09. The number of hydrogen-bond donors (Lipinski definition) is 2. The molecule has 1 aromatic carbocycles. The minimum atomic E-state index is 0.633. The van der Waals surface area contributed by atoms with Crippen molar-refractivity contribution in [3.63, 3.8) is 0 Å². The summed E-state index contributed by atoms with van der Waals surface area (Å²) < 4.78 is 0. The van der Waals surface area contributed by atoms with Crippen LogP contribution in [-0.2, 0) is 0 Å². The third-order valence-corrected chi connectivity index (χ3v) is 2.95. The Morgan fingerprint density at radius 3 is 2.55 bits per heavy atom. The second kappa shape index (κ2) is 8.01. The number of nitrogens with zero attached hydrogens (tertiary/aromatic N) is 3. The molecule has 1 aromatic heterocycles. The zero-order valence-electron chi connectivity index (χ0n) is 13.0. The van der Waals surface area contributed by atoms with Crippen LogP contribution in [0.1, 0.15) is 17.5 Å². The highest BCUT2D eigenvalue weighted by atomic mass is 15.1. The molecule has 0 bridgehead atoms. The summed E-state index contributed by atoms with van der Waals surface area (Å²) in [5, 5.41) is 3.19. The van der Waals surface area contributed by atoms with E-state index < -0.39 is 0 Å². The Hall–Kier alpha value is -2.58. The van der Waals surface area contributed by atoms with Crippen molar-refractivity contribution < 1.29 is 0 Å². The lowest BCUT2D eigenvalue weighted by atomic mass is 10.2. The highest BCUT2D eigenvalue weighted by Crippen LogP contribution is 2.05. The molecule has 0 unspecified atom stereocenters. The van der Waals surface area contributed by atoms with Crippen LogP contribution in [0, 0.1) is 11.8 Å². The van der Waals surface area contributed by atoms with Gasteiger partial charge in [-0.3, -0.25) is 0 Å². The van der Waals surface area contributed by atoms with Crippen molar-refractivity contribution in [1.29, 1.82) is 0 Å². The fraction of sp³-hybridized carbons (Fsp3) is 0.294. The molecule has 0 aliphatic carbocycles. The standard InChI is InChI=1S/C17H21N5/c1-22(2)10-4-9-19-17-20-12-15(13-21-17)8-7-14-5-3-6-16(18)11-14/h3,5-6,11-13H,4,9-10,18H2,1-2H3,(H,19,20,21). The second-order valence-electron chi connectivity index (χ2n) is 5.25. The summed E-state index contributed by atoms with van der Waals surface area (Å²) in [6, 6.07) is 7.49. The van der Waals surface area contributed by atoms with Gasteiger partial charge in [0.1, 0.15) is 0 Å². The molecule has 2 rings (SSSR count). The predicted octanol–water partition coefficient (Wildman–Crippen LogP) is 1.82. The zero-order chi connectivity index (χ0) is 15.8. The number of nitrogens with two attached hydrogens (primary N) is 1. The lowest BCUT2D eigenvalue weighted by molar-refractivity contribution is 0.405. The summed E-state index contributed by atoms with van der Waals surface area (Å²) in [6.07, 6.45) is 4.49. The Morgan fingerprint density at radius 1 is 1.14 bits per heavy atom. The van der Waals surface area contributed by atoms with Gasteiger partial charge in [-0.15, -0.1) is 0 Å². The van der Waals surface area contributed by atoms with Gasteiger partial charge >= 0.3 is 0 Å². The summed E-state index contributed by atoms with van der Waals surface area (Å²) in [5.41, 5.74) is 8.09. The van der Waals surface area contributed by atoms with Gasteiger partial charge in [0.2, 0.25) is 5.95 Å². The van der Waals surface area contributed by atoms with Crippen LogP contribution in [-0.4, -0.2) is 42.1 Å². The maximum atomic E-state index is 5.72. The van der Waals surface area contributed by atoms with Crippen LogP contribution in [0.25, 0.3) is 0 Å². The van der Waals surface area contributed by atoms with Crippen LogP contribution in [0.15, 0.2) is 36.7 Å². The largest absolute Gasteiger partial charge is 0.399 e. The second-order valence-corrected chi connectivity index (χ2v) is 5.25. The van der Waals surface area contributed by atoms with Crippen molar-refractivity contribution in [3.05, 3.63) is 47.8 Å². The average molecular weight is 295 g/mol. The summed E-state index contributed by atoms with van der Waals surface area (Å²) in [7, 11) is 4.12. The summed E-state index contributed by atoms with van der Waals surface area (Å²) in [6.45, 7) is 1.89. The number of anilines is 2. The summed E-state index contributed by atoms with van der Waals surface area (Å²) in [5.74, 6) is 6.72. The normalized spacial score (nSPS) is 10.1. The van der Waals surface area contributed by atoms with Crippen molar-refractivity contribution in [1.82, 2.24) is 14.9 Å². The SMILES string of the molecule is CN(C)CCCNc1ncc(C#Cc2cccc(N)c2)cn1. The molecule has 0 radical (unpaired) electrons. The fourth-order valence-electron chi connectivity index (χ4n) is 1.84. The van der Waals surface area contributed by atoms with Gasteiger partial charge in [-0.1, -0.05) is 17.9 Å². The molecule has 2 aromatic rings. The van der Waals surface area contributed by atoms with E-state index in [-0.39, 0.29) is 0 Å².